The maximum atomic E-state index is 12.9. The number of carboxylic acid groups (broad SMARTS) is 1. The molecule has 1 unspecified atom stereocenters. The first-order valence-electron chi connectivity index (χ1n) is 10.0. The molecule has 3 aliphatic rings. The van der Waals surface area contributed by atoms with Crippen molar-refractivity contribution in [3.05, 3.63) is 59.7 Å². The minimum Gasteiger partial charge on any atom is -0.480 e. The van der Waals surface area contributed by atoms with Crippen molar-refractivity contribution in [2.75, 3.05) is 6.61 Å². The Morgan fingerprint density at radius 2 is 1.64 bits per heavy atom. The summed E-state index contributed by atoms with van der Waals surface area (Å²) in [6.45, 7) is 0.229. The van der Waals surface area contributed by atoms with Gasteiger partial charge in [0, 0.05) is 12.0 Å². The van der Waals surface area contributed by atoms with Gasteiger partial charge < -0.3 is 9.84 Å². The van der Waals surface area contributed by atoms with E-state index in [4.69, 9.17) is 4.74 Å². The van der Waals surface area contributed by atoms with Gasteiger partial charge in [0.25, 0.3) is 0 Å². The third kappa shape index (κ3) is 2.60. The molecule has 1 saturated carbocycles. The summed E-state index contributed by atoms with van der Waals surface area (Å²) in [6.07, 6.45) is 2.99. The number of aliphatic carboxylic acids is 1. The lowest BCUT2D eigenvalue weighted by Crippen LogP contribution is -2.45. The van der Waals surface area contributed by atoms with E-state index in [1.807, 2.05) is 24.3 Å². The summed E-state index contributed by atoms with van der Waals surface area (Å²) in [6, 6.07) is 15.7. The monoisotopic (exact) mass is 377 g/mol. The number of carbonyl (C=O) groups excluding carboxylic acids is 1. The zero-order valence-electron chi connectivity index (χ0n) is 15.6. The third-order valence-electron chi connectivity index (χ3n) is 6.67. The molecule has 1 amide bonds. The van der Waals surface area contributed by atoms with Gasteiger partial charge in [-0.15, -0.1) is 0 Å². The molecule has 5 heteroatoms. The van der Waals surface area contributed by atoms with Crippen molar-refractivity contribution < 1.29 is 19.4 Å². The Bertz CT molecular complexity index is 894. The molecular formula is C23H23NO4. The maximum absolute atomic E-state index is 12.9. The molecule has 2 aromatic carbocycles. The number of ether oxygens (including phenoxy) is 1. The molecule has 2 fully saturated rings. The van der Waals surface area contributed by atoms with Crippen LogP contribution in [0.1, 0.15) is 42.7 Å². The van der Waals surface area contributed by atoms with E-state index in [9.17, 15) is 14.7 Å². The summed E-state index contributed by atoms with van der Waals surface area (Å²) in [5, 5.41) is 9.58. The Hall–Kier alpha value is -2.82. The highest BCUT2D eigenvalue weighted by molar-refractivity contribution is 5.82. The Balaban J connectivity index is 1.37. The normalized spacial score (nSPS) is 25.3. The van der Waals surface area contributed by atoms with Gasteiger partial charge in [-0.3, -0.25) is 4.90 Å². The molecule has 144 valence electrons. The topological polar surface area (TPSA) is 66.8 Å². The van der Waals surface area contributed by atoms with Crippen LogP contribution in [0.4, 0.5) is 4.79 Å². The van der Waals surface area contributed by atoms with Gasteiger partial charge in [-0.1, -0.05) is 55.0 Å². The van der Waals surface area contributed by atoms with Crippen molar-refractivity contribution in [3.63, 3.8) is 0 Å². The molecule has 1 aliphatic heterocycles. The van der Waals surface area contributed by atoms with Gasteiger partial charge in [0.05, 0.1) is 0 Å². The predicted octanol–water partition coefficient (Wildman–Crippen LogP) is 4.26. The van der Waals surface area contributed by atoms with Crippen LogP contribution in [0.25, 0.3) is 11.1 Å². The fourth-order valence-electron chi connectivity index (χ4n) is 5.44. The van der Waals surface area contributed by atoms with Crippen LogP contribution in [-0.4, -0.2) is 40.8 Å². The third-order valence-corrected chi connectivity index (χ3v) is 6.67. The fourth-order valence-corrected chi connectivity index (χ4v) is 5.44. The Labute approximate surface area is 163 Å². The van der Waals surface area contributed by atoms with Crippen LogP contribution in [0.5, 0.6) is 0 Å². The highest BCUT2D eigenvalue weighted by atomic mass is 16.6. The van der Waals surface area contributed by atoms with Crippen LogP contribution in [0.3, 0.4) is 0 Å². The van der Waals surface area contributed by atoms with Gasteiger partial charge in [-0.2, -0.15) is 0 Å². The van der Waals surface area contributed by atoms with Crippen LogP contribution < -0.4 is 0 Å². The Kier molecular flexibility index (Phi) is 4.11. The molecule has 2 aliphatic carbocycles. The van der Waals surface area contributed by atoms with E-state index in [1.54, 1.807) is 0 Å². The highest BCUT2D eigenvalue weighted by Gasteiger charge is 2.49. The molecule has 28 heavy (non-hydrogen) atoms. The number of carbonyl (C=O) groups is 2. The average molecular weight is 377 g/mol. The van der Waals surface area contributed by atoms with E-state index in [1.165, 1.54) is 16.0 Å². The molecule has 0 bridgehead atoms. The molecule has 1 saturated heterocycles. The molecule has 5 nitrogen and oxygen atoms in total. The van der Waals surface area contributed by atoms with Gasteiger partial charge in [-0.25, -0.2) is 9.59 Å². The molecule has 5 rings (SSSR count). The largest absolute Gasteiger partial charge is 0.480 e. The number of amides is 1. The minimum atomic E-state index is -0.928. The lowest BCUT2D eigenvalue weighted by atomic mass is 9.98. The molecule has 2 aromatic rings. The number of fused-ring (bicyclic) bond motifs is 4. The number of rotatable bonds is 3. The van der Waals surface area contributed by atoms with E-state index < -0.39 is 18.1 Å². The second kappa shape index (κ2) is 6.66. The first-order chi connectivity index (χ1) is 13.6. The SMILES string of the molecule is O=C(O)[C@@H]1CC2CCC[C@@H]2N1C(=O)OCC1c2ccccc2-c2ccccc21. The van der Waals surface area contributed by atoms with Crippen LogP contribution in [0, 0.1) is 5.92 Å². The predicted molar refractivity (Wildman–Crippen MR) is 104 cm³/mol. The molecule has 0 radical (unpaired) electrons. The van der Waals surface area contributed by atoms with Crippen molar-refractivity contribution in [1.82, 2.24) is 4.90 Å². The molecule has 1 heterocycles. The Morgan fingerprint density at radius 1 is 1.00 bits per heavy atom. The van der Waals surface area contributed by atoms with Crippen LogP contribution in [0.15, 0.2) is 48.5 Å². The van der Waals surface area contributed by atoms with Crippen molar-refractivity contribution in [2.45, 2.75) is 43.7 Å². The smallest absolute Gasteiger partial charge is 0.410 e. The van der Waals surface area contributed by atoms with Gasteiger partial charge in [0.15, 0.2) is 0 Å². The van der Waals surface area contributed by atoms with Crippen molar-refractivity contribution >= 4 is 12.1 Å². The quantitative estimate of drug-likeness (QED) is 0.868. The lowest BCUT2D eigenvalue weighted by molar-refractivity contribution is -0.142. The summed E-state index contributed by atoms with van der Waals surface area (Å²) >= 11 is 0. The summed E-state index contributed by atoms with van der Waals surface area (Å²) in [5.41, 5.74) is 4.68. The van der Waals surface area contributed by atoms with Crippen molar-refractivity contribution in [2.24, 2.45) is 5.92 Å². The standard InChI is InChI=1S/C23H23NO4/c25-22(26)21-12-14-6-5-11-20(14)24(21)23(27)28-13-19-17-9-3-1-7-15(17)16-8-2-4-10-18(16)19/h1-4,7-10,14,19-21H,5-6,11-13H2,(H,25,26)/t14?,20-,21-/m0/s1. The second-order valence-corrected chi connectivity index (χ2v) is 8.06. The molecular weight excluding hydrogens is 354 g/mol. The van der Waals surface area contributed by atoms with E-state index in [2.05, 4.69) is 24.3 Å². The van der Waals surface area contributed by atoms with Gasteiger partial charge in [-0.05, 0) is 47.4 Å². The fraction of sp³-hybridized carbons (Fsp3) is 0.391. The summed E-state index contributed by atoms with van der Waals surface area (Å²) in [7, 11) is 0. The van der Waals surface area contributed by atoms with Crippen molar-refractivity contribution in [3.8, 4) is 11.1 Å². The van der Waals surface area contributed by atoms with Gasteiger partial charge in [0.1, 0.15) is 12.6 Å². The van der Waals surface area contributed by atoms with Gasteiger partial charge in [0.2, 0.25) is 0 Å². The second-order valence-electron chi connectivity index (χ2n) is 8.06. The first kappa shape index (κ1) is 17.3. The van der Waals surface area contributed by atoms with Crippen LogP contribution in [0.2, 0.25) is 0 Å². The maximum Gasteiger partial charge on any atom is 0.410 e. The zero-order chi connectivity index (χ0) is 19.3. The molecule has 0 aromatic heterocycles. The van der Waals surface area contributed by atoms with Crippen LogP contribution >= 0.6 is 0 Å². The summed E-state index contributed by atoms with van der Waals surface area (Å²) in [5.74, 6) is -0.647. The van der Waals surface area contributed by atoms with Gasteiger partial charge >= 0.3 is 12.1 Å². The Morgan fingerprint density at radius 3 is 2.29 bits per heavy atom. The lowest BCUT2D eigenvalue weighted by Gasteiger charge is -2.27. The van der Waals surface area contributed by atoms with E-state index in [-0.39, 0.29) is 18.6 Å². The number of hydrogen-bond donors (Lipinski definition) is 1. The molecule has 1 N–H and O–H groups in total. The number of hydrogen-bond acceptors (Lipinski definition) is 3. The number of benzene rings is 2. The number of likely N-dealkylation sites (tertiary alicyclic amines) is 1. The average Bonchev–Trinajstić information content (AvgIpc) is 3.37. The van der Waals surface area contributed by atoms with E-state index in [0.29, 0.717) is 12.3 Å². The minimum absolute atomic E-state index is 0.0109. The van der Waals surface area contributed by atoms with E-state index >= 15 is 0 Å². The zero-order valence-corrected chi connectivity index (χ0v) is 15.6. The summed E-state index contributed by atoms with van der Waals surface area (Å²) < 4.78 is 5.74. The van der Waals surface area contributed by atoms with Crippen LogP contribution in [-0.2, 0) is 9.53 Å². The number of nitrogens with zero attached hydrogens (tertiary/aromatic N) is 1. The molecule has 3 atom stereocenters. The first-order valence-corrected chi connectivity index (χ1v) is 10.0. The number of carboxylic acids is 1. The summed E-state index contributed by atoms with van der Waals surface area (Å²) in [4.78, 5) is 26.1. The highest BCUT2D eigenvalue weighted by Crippen LogP contribution is 2.45. The van der Waals surface area contributed by atoms with E-state index in [0.717, 1.165) is 30.4 Å². The van der Waals surface area contributed by atoms with Crippen molar-refractivity contribution in [1.29, 1.82) is 0 Å². The molecule has 0 spiro atoms.